The zero-order valence-electron chi connectivity index (χ0n) is 14.0. The van der Waals surface area contributed by atoms with Crippen molar-refractivity contribution in [1.29, 1.82) is 0 Å². The van der Waals surface area contributed by atoms with E-state index in [1.54, 1.807) is 0 Å². The predicted octanol–water partition coefficient (Wildman–Crippen LogP) is 1.37. The summed E-state index contributed by atoms with van der Waals surface area (Å²) < 4.78 is 7.37. The molecule has 0 spiro atoms. The van der Waals surface area contributed by atoms with Crippen LogP contribution in [-0.4, -0.2) is 40.6 Å². The van der Waals surface area contributed by atoms with Crippen molar-refractivity contribution in [2.45, 2.75) is 32.3 Å². The second-order valence-corrected chi connectivity index (χ2v) is 6.01. The molecule has 2 amide bonds. The van der Waals surface area contributed by atoms with E-state index in [-0.39, 0.29) is 17.9 Å². The third-order valence-electron chi connectivity index (χ3n) is 4.16. The van der Waals surface area contributed by atoms with Gasteiger partial charge >= 0.3 is 0 Å². The predicted molar refractivity (Wildman–Crippen MR) is 90.7 cm³/mol. The number of hydrogen-bond acceptors (Lipinski definition) is 4. The summed E-state index contributed by atoms with van der Waals surface area (Å²) in [6, 6.07) is 5.64. The molecular formula is C17H22N4O3. The lowest BCUT2D eigenvalue weighted by Crippen LogP contribution is -2.35. The molecule has 1 aliphatic rings. The number of hydrogen-bond donors (Lipinski definition) is 2. The second kappa shape index (κ2) is 7.00. The van der Waals surface area contributed by atoms with Crippen molar-refractivity contribution < 1.29 is 14.3 Å². The van der Waals surface area contributed by atoms with Crippen LogP contribution >= 0.6 is 0 Å². The number of amides is 2. The van der Waals surface area contributed by atoms with Gasteiger partial charge in [0.2, 0.25) is 11.8 Å². The number of carbonyl (C=O) groups is 2. The molecule has 1 saturated heterocycles. The van der Waals surface area contributed by atoms with Gasteiger partial charge in [-0.2, -0.15) is 0 Å². The van der Waals surface area contributed by atoms with Crippen molar-refractivity contribution in [2.75, 3.05) is 18.5 Å². The van der Waals surface area contributed by atoms with E-state index in [0.29, 0.717) is 19.6 Å². The van der Waals surface area contributed by atoms with Gasteiger partial charge in [0.1, 0.15) is 11.9 Å². The Bertz CT molecular complexity index is 763. The van der Waals surface area contributed by atoms with E-state index in [4.69, 9.17) is 4.74 Å². The van der Waals surface area contributed by atoms with Crippen LogP contribution in [0.25, 0.3) is 11.0 Å². The van der Waals surface area contributed by atoms with Gasteiger partial charge in [-0.1, -0.05) is 0 Å². The van der Waals surface area contributed by atoms with Crippen molar-refractivity contribution >= 4 is 28.5 Å². The standard InChI is InChI=1S/C17H22N4O3/c1-11(22)19-12-5-6-14-13(10-12)20-16(21(14)2)7-8-18-17(23)15-4-3-9-24-15/h5-6,10,15H,3-4,7-9H2,1-2H3,(H,18,23)(H,19,22)/t15-/m1/s1. The van der Waals surface area contributed by atoms with Gasteiger partial charge in [-0.15, -0.1) is 0 Å². The fraction of sp³-hybridized carbons (Fsp3) is 0.471. The highest BCUT2D eigenvalue weighted by Gasteiger charge is 2.23. The van der Waals surface area contributed by atoms with Gasteiger partial charge < -0.3 is 19.9 Å². The van der Waals surface area contributed by atoms with E-state index in [0.717, 1.165) is 35.4 Å². The lowest BCUT2D eigenvalue weighted by Gasteiger charge is -2.10. The first kappa shape index (κ1) is 16.4. The minimum Gasteiger partial charge on any atom is -0.368 e. The van der Waals surface area contributed by atoms with E-state index in [2.05, 4.69) is 15.6 Å². The Labute approximate surface area is 140 Å². The van der Waals surface area contributed by atoms with Crippen LogP contribution in [0.2, 0.25) is 0 Å². The number of imidazole rings is 1. The van der Waals surface area contributed by atoms with Gasteiger partial charge in [-0.3, -0.25) is 9.59 Å². The highest BCUT2D eigenvalue weighted by molar-refractivity contribution is 5.91. The number of aryl methyl sites for hydroxylation is 1. The molecule has 2 heterocycles. The first-order valence-corrected chi connectivity index (χ1v) is 8.17. The van der Waals surface area contributed by atoms with E-state index < -0.39 is 0 Å². The molecular weight excluding hydrogens is 308 g/mol. The maximum Gasteiger partial charge on any atom is 0.249 e. The van der Waals surface area contributed by atoms with Crippen molar-refractivity contribution in [3.05, 3.63) is 24.0 Å². The molecule has 0 aliphatic carbocycles. The molecule has 0 bridgehead atoms. The van der Waals surface area contributed by atoms with Gasteiger partial charge in [0.15, 0.2) is 0 Å². The molecule has 128 valence electrons. The Kier molecular flexibility index (Phi) is 4.80. The van der Waals surface area contributed by atoms with E-state index in [1.165, 1.54) is 6.92 Å². The molecule has 1 aromatic carbocycles. The van der Waals surface area contributed by atoms with Crippen LogP contribution in [0.1, 0.15) is 25.6 Å². The number of carbonyl (C=O) groups excluding carboxylic acids is 2. The normalized spacial score (nSPS) is 17.2. The molecule has 7 heteroatoms. The summed E-state index contributed by atoms with van der Waals surface area (Å²) in [5, 5.41) is 5.66. The molecule has 2 N–H and O–H groups in total. The molecule has 0 unspecified atom stereocenters. The molecule has 3 rings (SSSR count). The molecule has 0 saturated carbocycles. The van der Waals surface area contributed by atoms with Gasteiger partial charge in [0.25, 0.3) is 0 Å². The minimum atomic E-state index is -0.300. The highest BCUT2D eigenvalue weighted by atomic mass is 16.5. The molecule has 7 nitrogen and oxygen atoms in total. The number of aromatic nitrogens is 2. The SMILES string of the molecule is CC(=O)Nc1ccc2c(c1)nc(CCNC(=O)[C@H]1CCCO1)n2C. The average molecular weight is 330 g/mol. The molecule has 1 aromatic heterocycles. The average Bonchev–Trinajstić information content (AvgIpc) is 3.16. The maximum absolute atomic E-state index is 11.9. The largest absolute Gasteiger partial charge is 0.368 e. The minimum absolute atomic E-state index is 0.0424. The third-order valence-corrected chi connectivity index (χ3v) is 4.16. The number of nitrogens with zero attached hydrogens (tertiary/aromatic N) is 2. The van der Waals surface area contributed by atoms with Crippen LogP contribution < -0.4 is 10.6 Å². The molecule has 24 heavy (non-hydrogen) atoms. The summed E-state index contributed by atoms with van der Waals surface area (Å²) in [4.78, 5) is 27.7. The second-order valence-electron chi connectivity index (χ2n) is 6.01. The van der Waals surface area contributed by atoms with Crippen molar-refractivity contribution in [1.82, 2.24) is 14.9 Å². The van der Waals surface area contributed by atoms with Crippen molar-refractivity contribution in [3.63, 3.8) is 0 Å². The van der Waals surface area contributed by atoms with Crippen LogP contribution in [0.15, 0.2) is 18.2 Å². The van der Waals surface area contributed by atoms with Gasteiger partial charge in [0.05, 0.1) is 11.0 Å². The Hall–Kier alpha value is -2.41. The topological polar surface area (TPSA) is 85.2 Å². The van der Waals surface area contributed by atoms with Crippen molar-refractivity contribution in [2.24, 2.45) is 7.05 Å². The van der Waals surface area contributed by atoms with Gasteiger partial charge in [-0.25, -0.2) is 4.98 Å². The monoisotopic (exact) mass is 330 g/mol. The van der Waals surface area contributed by atoms with Crippen LogP contribution in [0.4, 0.5) is 5.69 Å². The zero-order chi connectivity index (χ0) is 17.1. The van der Waals surface area contributed by atoms with E-state index >= 15 is 0 Å². The molecule has 2 aromatic rings. The number of benzene rings is 1. The fourth-order valence-electron chi connectivity index (χ4n) is 2.95. The molecule has 1 atom stereocenters. The van der Waals surface area contributed by atoms with Crippen molar-refractivity contribution in [3.8, 4) is 0 Å². The van der Waals surface area contributed by atoms with Gasteiger partial charge in [0, 0.05) is 39.2 Å². The zero-order valence-corrected chi connectivity index (χ0v) is 14.0. The lowest BCUT2D eigenvalue weighted by molar-refractivity contribution is -0.130. The number of fused-ring (bicyclic) bond motifs is 1. The Morgan fingerprint density at radius 2 is 2.25 bits per heavy atom. The molecule has 1 fully saturated rings. The highest BCUT2D eigenvalue weighted by Crippen LogP contribution is 2.20. The number of nitrogens with one attached hydrogen (secondary N) is 2. The Morgan fingerprint density at radius 1 is 1.42 bits per heavy atom. The first-order chi connectivity index (χ1) is 11.5. The van der Waals surface area contributed by atoms with E-state index in [1.807, 2.05) is 29.8 Å². The Balaban J connectivity index is 1.64. The number of anilines is 1. The van der Waals surface area contributed by atoms with Crippen LogP contribution in [0.3, 0.4) is 0 Å². The summed E-state index contributed by atoms with van der Waals surface area (Å²) in [7, 11) is 1.95. The molecule has 0 radical (unpaired) electrons. The summed E-state index contributed by atoms with van der Waals surface area (Å²) in [6.07, 6.45) is 2.08. The Morgan fingerprint density at radius 3 is 2.96 bits per heavy atom. The summed E-state index contributed by atoms with van der Waals surface area (Å²) in [6.45, 7) is 2.67. The van der Waals surface area contributed by atoms with Crippen LogP contribution in [-0.2, 0) is 27.8 Å². The summed E-state index contributed by atoms with van der Waals surface area (Å²) in [5.41, 5.74) is 2.54. The lowest BCUT2D eigenvalue weighted by atomic mass is 10.2. The smallest absolute Gasteiger partial charge is 0.249 e. The van der Waals surface area contributed by atoms with E-state index in [9.17, 15) is 9.59 Å². The third kappa shape index (κ3) is 3.56. The van der Waals surface area contributed by atoms with Crippen LogP contribution in [0, 0.1) is 0 Å². The molecule has 1 aliphatic heterocycles. The summed E-state index contributed by atoms with van der Waals surface area (Å²) >= 11 is 0. The van der Waals surface area contributed by atoms with Gasteiger partial charge in [-0.05, 0) is 31.0 Å². The van der Waals surface area contributed by atoms with Crippen LogP contribution in [0.5, 0.6) is 0 Å². The fourth-order valence-corrected chi connectivity index (χ4v) is 2.95. The first-order valence-electron chi connectivity index (χ1n) is 8.17. The number of ether oxygens (including phenoxy) is 1. The maximum atomic E-state index is 11.9. The quantitative estimate of drug-likeness (QED) is 0.867. The summed E-state index contributed by atoms with van der Waals surface area (Å²) in [5.74, 6) is 0.735. The number of rotatable bonds is 5.